The minimum Gasteiger partial charge on any atom is -0.604 e. The number of amides is 1. The number of rotatable bonds is 5. The van der Waals surface area contributed by atoms with Crippen LogP contribution in [0.5, 0.6) is 0 Å². The Bertz CT molecular complexity index is 1040. The molecule has 3 aromatic rings. The summed E-state index contributed by atoms with van der Waals surface area (Å²) in [6, 6.07) is 9.35. The first-order valence-corrected chi connectivity index (χ1v) is 9.07. The summed E-state index contributed by atoms with van der Waals surface area (Å²) in [4.78, 5) is 19.9. The number of halogens is 3. The van der Waals surface area contributed by atoms with Crippen LogP contribution < -0.4 is 5.32 Å². The second-order valence-electron chi connectivity index (χ2n) is 5.53. The van der Waals surface area contributed by atoms with Crippen molar-refractivity contribution in [2.24, 2.45) is 0 Å². The van der Waals surface area contributed by atoms with E-state index in [0.717, 1.165) is 24.3 Å². The first-order valence-electron chi connectivity index (χ1n) is 7.92. The lowest BCUT2D eigenvalue weighted by molar-refractivity contribution is -0.0435. The molecule has 3 rings (SSSR count). The van der Waals surface area contributed by atoms with Crippen LogP contribution in [0.1, 0.15) is 21.7 Å². The number of aromatic nitrogens is 4. The van der Waals surface area contributed by atoms with Gasteiger partial charge >= 0.3 is 5.51 Å². The van der Waals surface area contributed by atoms with E-state index in [2.05, 4.69) is 20.4 Å². The Morgan fingerprint density at radius 3 is 2.52 bits per heavy atom. The topological polar surface area (TPSA) is 120 Å². The smallest absolute Gasteiger partial charge is 0.578 e. The van der Waals surface area contributed by atoms with Crippen molar-refractivity contribution in [2.75, 3.05) is 0 Å². The van der Waals surface area contributed by atoms with Gasteiger partial charge in [0.25, 0.3) is 5.91 Å². The van der Waals surface area contributed by atoms with Crippen molar-refractivity contribution in [1.29, 1.82) is 5.26 Å². The second-order valence-corrected chi connectivity index (χ2v) is 7.00. The molecule has 0 aliphatic rings. The van der Waals surface area contributed by atoms with Crippen LogP contribution in [0.3, 0.4) is 0 Å². The third kappa shape index (κ3) is 4.71. The Hall–Kier alpha value is -3.43. The minimum absolute atomic E-state index is 0.0310. The highest BCUT2D eigenvalue weighted by atomic mass is 32.2. The Morgan fingerprint density at radius 1 is 1.21 bits per heavy atom. The van der Waals surface area contributed by atoms with Crippen molar-refractivity contribution >= 4 is 17.1 Å². The maximum Gasteiger partial charge on any atom is 0.578 e. The number of hydrogen-bond acceptors (Lipinski definition) is 6. The van der Waals surface area contributed by atoms with Gasteiger partial charge in [-0.25, -0.2) is 9.97 Å². The van der Waals surface area contributed by atoms with Gasteiger partial charge in [-0.05, 0) is 36.4 Å². The molecule has 0 radical (unpaired) electrons. The molecule has 148 valence electrons. The highest BCUT2D eigenvalue weighted by Gasteiger charge is 2.46. The Kier molecular flexibility index (Phi) is 5.81. The molecule has 0 aliphatic carbocycles. The van der Waals surface area contributed by atoms with E-state index in [1.807, 2.05) is 6.07 Å². The standard InChI is InChI=1S/C17H11F3N6O2S/c18-17(19,20)29(28)13-4-2-12(3-5-13)16(27)23-9-15-24-10-25-26(15)14-6-1-11(7-21)8-22-14/h1-6,8,10H,9H2,(H,23,27). The molecule has 2 heterocycles. The molecule has 0 spiro atoms. The van der Waals surface area contributed by atoms with E-state index in [0.29, 0.717) is 17.2 Å². The Morgan fingerprint density at radius 2 is 1.93 bits per heavy atom. The predicted molar refractivity (Wildman–Crippen MR) is 93.9 cm³/mol. The molecule has 8 nitrogen and oxygen atoms in total. The van der Waals surface area contributed by atoms with Crippen molar-refractivity contribution in [1.82, 2.24) is 25.1 Å². The van der Waals surface area contributed by atoms with E-state index in [-0.39, 0.29) is 12.1 Å². The number of nitrogens with zero attached hydrogens (tertiary/aromatic N) is 5. The quantitative estimate of drug-likeness (QED) is 0.631. The van der Waals surface area contributed by atoms with Gasteiger partial charge in [-0.2, -0.15) is 15.0 Å². The van der Waals surface area contributed by atoms with E-state index >= 15 is 0 Å². The first-order chi connectivity index (χ1) is 13.8. The van der Waals surface area contributed by atoms with E-state index in [1.165, 1.54) is 17.2 Å². The van der Waals surface area contributed by atoms with Crippen molar-refractivity contribution in [3.63, 3.8) is 0 Å². The maximum absolute atomic E-state index is 12.5. The number of hydrogen-bond donors (Lipinski definition) is 1. The highest BCUT2D eigenvalue weighted by molar-refractivity contribution is 7.92. The summed E-state index contributed by atoms with van der Waals surface area (Å²) < 4.78 is 50.1. The van der Waals surface area contributed by atoms with E-state index in [9.17, 15) is 22.5 Å². The van der Waals surface area contributed by atoms with Gasteiger partial charge in [-0.3, -0.25) is 4.79 Å². The van der Waals surface area contributed by atoms with Crippen LogP contribution in [0.25, 0.3) is 5.82 Å². The molecule has 1 amide bonds. The minimum atomic E-state index is -4.87. The molecule has 2 aromatic heterocycles. The van der Waals surface area contributed by atoms with E-state index < -0.39 is 27.5 Å². The second kappa shape index (κ2) is 8.29. The van der Waals surface area contributed by atoms with Gasteiger partial charge in [0, 0.05) is 11.8 Å². The van der Waals surface area contributed by atoms with Gasteiger partial charge in [0.1, 0.15) is 12.4 Å². The van der Waals surface area contributed by atoms with Gasteiger partial charge in [-0.15, -0.1) is 13.2 Å². The number of pyridine rings is 1. The maximum atomic E-state index is 12.5. The molecule has 0 aliphatic heterocycles. The Balaban J connectivity index is 1.67. The lowest BCUT2D eigenvalue weighted by atomic mass is 10.2. The fourth-order valence-electron chi connectivity index (χ4n) is 2.28. The molecule has 12 heteroatoms. The van der Waals surface area contributed by atoms with Crippen LogP contribution >= 0.6 is 0 Å². The van der Waals surface area contributed by atoms with Crippen LogP contribution in [0.2, 0.25) is 0 Å². The monoisotopic (exact) mass is 420 g/mol. The number of carbonyl (C=O) groups is 1. The molecule has 1 atom stereocenters. The third-order valence-electron chi connectivity index (χ3n) is 3.66. The largest absolute Gasteiger partial charge is 0.604 e. The van der Waals surface area contributed by atoms with Gasteiger partial charge in [-0.1, -0.05) is 0 Å². The van der Waals surface area contributed by atoms with E-state index in [1.54, 1.807) is 12.1 Å². The van der Waals surface area contributed by atoms with Crippen molar-refractivity contribution in [2.45, 2.75) is 16.9 Å². The zero-order chi connectivity index (χ0) is 21.0. The van der Waals surface area contributed by atoms with Crippen LogP contribution in [0.15, 0.2) is 53.8 Å². The number of carbonyl (C=O) groups excluding carboxylic acids is 1. The van der Waals surface area contributed by atoms with Crippen LogP contribution in [0, 0.1) is 11.3 Å². The zero-order valence-corrected chi connectivity index (χ0v) is 15.2. The average molecular weight is 420 g/mol. The number of nitrogens with one attached hydrogen (secondary N) is 1. The van der Waals surface area contributed by atoms with Crippen LogP contribution in [-0.4, -0.2) is 35.7 Å². The molecule has 0 saturated heterocycles. The molecule has 1 N–H and O–H groups in total. The SMILES string of the molecule is N#Cc1ccc(-n2ncnc2CNC(=O)c2ccc([S+]([O-])C(F)(F)F)cc2)nc1. The summed E-state index contributed by atoms with van der Waals surface area (Å²) in [6.45, 7) is -0.0310. The summed E-state index contributed by atoms with van der Waals surface area (Å²) in [6.07, 6.45) is 2.63. The first kappa shape index (κ1) is 20.3. The molecule has 1 unspecified atom stereocenters. The zero-order valence-electron chi connectivity index (χ0n) is 14.4. The summed E-state index contributed by atoms with van der Waals surface area (Å²) in [5.74, 6) is 0.187. The fourth-order valence-corrected chi connectivity index (χ4v) is 2.93. The van der Waals surface area contributed by atoms with Crippen molar-refractivity contribution in [3.05, 3.63) is 65.9 Å². The predicted octanol–water partition coefficient (Wildman–Crippen LogP) is 2.09. The van der Waals surface area contributed by atoms with Gasteiger partial charge in [0.15, 0.2) is 16.5 Å². The molecule has 0 saturated carbocycles. The average Bonchev–Trinajstić information content (AvgIpc) is 3.19. The van der Waals surface area contributed by atoms with Gasteiger partial charge in [0.2, 0.25) is 0 Å². The number of nitriles is 1. The lowest BCUT2D eigenvalue weighted by Crippen LogP contribution is -2.25. The summed E-state index contributed by atoms with van der Waals surface area (Å²) in [5.41, 5.74) is -4.40. The van der Waals surface area contributed by atoms with Gasteiger partial charge in [0.05, 0.1) is 23.3 Å². The molecule has 0 bridgehead atoms. The molecule has 29 heavy (non-hydrogen) atoms. The number of alkyl halides is 3. The molecule has 0 fully saturated rings. The molecular weight excluding hydrogens is 409 g/mol. The lowest BCUT2D eigenvalue weighted by Gasteiger charge is -2.12. The van der Waals surface area contributed by atoms with Crippen molar-refractivity contribution < 1.29 is 22.5 Å². The normalized spacial score (nSPS) is 12.2. The van der Waals surface area contributed by atoms with Crippen LogP contribution in [-0.2, 0) is 17.7 Å². The van der Waals surface area contributed by atoms with E-state index in [4.69, 9.17) is 5.26 Å². The fraction of sp³-hybridized carbons (Fsp3) is 0.118. The molecular formula is C17H11F3N6O2S. The number of benzene rings is 1. The summed E-state index contributed by atoms with van der Waals surface area (Å²) in [5, 5.41) is 15.4. The Labute approximate surface area is 165 Å². The molecule has 1 aromatic carbocycles. The van der Waals surface area contributed by atoms with Crippen LogP contribution in [0.4, 0.5) is 13.2 Å². The third-order valence-corrected chi connectivity index (χ3v) is 4.78. The van der Waals surface area contributed by atoms with Gasteiger partial charge < -0.3 is 9.87 Å². The highest BCUT2D eigenvalue weighted by Crippen LogP contribution is 2.30. The summed E-state index contributed by atoms with van der Waals surface area (Å²) in [7, 11) is 0. The summed E-state index contributed by atoms with van der Waals surface area (Å²) >= 11 is -3.16. The van der Waals surface area contributed by atoms with Crippen molar-refractivity contribution in [3.8, 4) is 11.9 Å².